The molecule has 0 radical (unpaired) electrons. The molecule has 4 rings (SSSR count). The summed E-state index contributed by atoms with van der Waals surface area (Å²) >= 11 is 6.23. The van der Waals surface area contributed by atoms with Crippen LogP contribution in [0.25, 0.3) is 11.3 Å². The summed E-state index contributed by atoms with van der Waals surface area (Å²) in [5.74, 6) is -0.727. The van der Waals surface area contributed by atoms with Gasteiger partial charge in [0.25, 0.3) is 5.91 Å². The van der Waals surface area contributed by atoms with Crippen molar-refractivity contribution in [3.05, 3.63) is 69.6 Å². The van der Waals surface area contributed by atoms with E-state index in [-0.39, 0.29) is 30.5 Å². The Bertz CT molecular complexity index is 1070. The van der Waals surface area contributed by atoms with Gasteiger partial charge >= 0.3 is 0 Å². The van der Waals surface area contributed by atoms with Crippen molar-refractivity contribution in [3.63, 3.8) is 0 Å². The summed E-state index contributed by atoms with van der Waals surface area (Å²) in [6.07, 6.45) is 0. The minimum absolute atomic E-state index is 0.0119. The average Bonchev–Trinajstić information content (AvgIpc) is 3.20. The fraction of sp³-hybridized carbons (Fsp3) is 0.200. The molecule has 6 nitrogen and oxygen atoms in total. The van der Waals surface area contributed by atoms with E-state index in [1.54, 1.807) is 25.1 Å². The summed E-state index contributed by atoms with van der Waals surface area (Å²) in [7, 11) is 0. The largest absolute Gasteiger partial charge is 0.507 e. The maximum absolute atomic E-state index is 13.4. The predicted octanol–water partition coefficient (Wildman–Crippen LogP) is 3.42. The third kappa shape index (κ3) is 2.83. The second-order valence-electron chi connectivity index (χ2n) is 6.66. The van der Waals surface area contributed by atoms with E-state index >= 15 is 0 Å². The number of amides is 1. The quantitative estimate of drug-likeness (QED) is 0.625. The van der Waals surface area contributed by atoms with Crippen LogP contribution in [0.4, 0.5) is 4.39 Å². The summed E-state index contributed by atoms with van der Waals surface area (Å²) in [5.41, 5.74) is 2.98. The summed E-state index contributed by atoms with van der Waals surface area (Å²) in [6.45, 7) is 1.65. The second kappa shape index (κ2) is 6.92. The molecular weight excluding hydrogens is 385 g/mol. The number of fused-ring (bicyclic) bond motifs is 1. The van der Waals surface area contributed by atoms with Gasteiger partial charge in [0.2, 0.25) is 0 Å². The van der Waals surface area contributed by atoms with Crippen LogP contribution in [0.15, 0.2) is 36.4 Å². The maximum Gasteiger partial charge on any atom is 0.273 e. The van der Waals surface area contributed by atoms with Gasteiger partial charge in [-0.15, -0.1) is 0 Å². The van der Waals surface area contributed by atoms with Crippen molar-refractivity contribution in [2.45, 2.75) is 13.0 Å². The van der Waals surface area contributed by atoms with Crippen LogP contribution in [0, 0.1) is 12.7 Å². The van der Waals surface area contributed by atoms with E-state index in [1.165, 1.54) is 23.1 Å². The number of hydrogen-bond acceptors (Lipinski definition) is 4. The highest BCUT2D eigenvalue weighted by atomic mass is 35.5. The first-order valence-electron chi connectivity index (χ1n) is 8.67. The van der Waals surface area contributed by atoms with Gasteiger partial charge in [0.05, 0.1) is 12.6 Å². The van der Waals surface area contributed by atoms with E-state index in [0.717, 1.165) is 0 Å². The Morgan fingerprint density at radius 1 is 1.29 bits per heavy atom. The van der Waals surface area contributed by atoms with Gasteiger partial charge in [0.15, 0.2) is 0 Å². The highest BCUT2D eigenvalue weighted by Gasteiger charge is 2.42. The molecule has 2 heterocycles. The number of nitrogens with zero attached hydrogens (tertiary/aromatic N) is 2. The molecule has 2 aromatic carbocycles. The lowest BCUT2D eigenvalue weighted by Crippen LogP contribution is -2.32. The number of carbonyl (C=O) groups excluding carboxylic acids is 1. The van der Waals surface area contributed by atoms with Crippen molar-refractivity contribution in [3.8, 4) is 17.0 Å². The van der Waals surface area contributed by atoms with Crippen LogP contribution in [0.2, 0.25) is 5.02 Å². The topological polar surface area (TPSA) is 89.5 Å². The molecule has 28 heavy (non-hydrogen) atoms. The molecule has 0 fully saturated rings. The van der Waals surface area contributed by atoms with Gasteiger partial charge in [-0.2, -0.15) is 5.10 Å². The molecule has 1 aromatic heterocycles. The van der Waals surface area contributed by atoms with Crippen molar-refractivity contribution < 1.29 is 19.4 Å². The smallest absolute Gasteiger partial charge is 0.273 e. The molecule has 0 aliphatic carbocycles. The summed E-state index contributed by atoms with van der Waals surface area (Å²) in [4.78, 5) is 14.4. The number of nitrogens with one attached hydrogen (secondary N) is 1. The number of phenols is 1. The summed E-state index contributed by atoms with van der Waals surface area (Å²) in [5, 5.41) is 27.3. The molecule has 1 amide bonds. The number of aliphatic hydroxyl groups excluding tert-OH is 1. The number of aryl methyl sites for hydroxylation is 1. The highest BCUT2D eigenvalue weighted by molar-refractivity contribution is 6.31. The Kier molecular flexibility index (Phi) is 4.56. The van der Waals surface area contributed by atoms with E-state index in [1.807, 2.05) is 0 Å². The number of H-pyrrole nitrogens is 1. The second-order valence-corrected chi connectivity index (χ2v) is 7.06. The number of phenolic OH excluding ortho intramolecular Hbond substituents is 1. The van der Waals surface area contributed by atoms with Crippen molar-refractivity contribution in [2.24, 2.45) is 0 Å². The molecule has 8 heteroatoms. The molecule has 1 aliphatic heterocycles. The maximum atomic E-state index is 13.4. The van der Waals surface area contributed by atoms with Gasteiger partial charge in [-0.05, 0) is 42.3 Å². The number of rotatable bonds is 4. The van der Waals surface area contributed by atoms with Crippen LogP contribution in [0.1, 0.15) is 33.2 Å². The summed E-state index contributed by atoms with van der Waals surface area (Å²) < 4.78 is 13.4. The zero-order chi connectivity index (χ0) is 20.0. The normalized spacial score (nSPS) is 15.9. The van der Waals surface area contributed by atoms with E-state index in [9.17, 15) is 19.4 Å². The van der Waals surface area contributed by atoms with E-state index < -0.39 is 11.9 Å². The highest BCUT2D eigenvalue weighted by Crippen LogP contribution is 2.45. The predicted molar refractivity (Wildman–Crippen MR) is 102 cm³/mol. The first kappa shape index (κ1) is 18.5. The monoisotopic (exact) mass is 401 g/mol. The SMILES string of the molecule is Cc1cc(O)c(-c2n[nH]c3c2C(c2ccc(F)cc2)N(CCO)C3=O)cc1Cl. The zero-order valence-corrected chi connectivity index (χ0v) is 15.7. The molecule has 144 valence electrons. The summed E-state index contributed by atoms with van der Waals surface area (Å²) in [6, 6.07) is 8.36. The van der Waals surface area contributed by atoms with Crippen LogP contribution in [-0.2, 0) is 0 Å². The Balaban J connectivity index is 1.92. The molecule has 0 bridgehead atoms. The third-order valence-electron chi connectivity index (χ3n) is 4.92. The number of aromatic nitrogens is 2. The van der Waals surface area contributed by atoms with Gasteiger partial charge in [-0.25, -0.2) is 4.39 Å². The number of aliphatic hydroxyl groups is 1. The number of hydrogen-bond donors (Lipinski definition) is 3. The molecular formula is C20H17ClFN3O3. The molecule has 0 saturated heterocycles. The first-order valence-corrected chi connectivity index (χ1v) is 9.05. The van der Waals surface area contributed by atoms with Crippen LogP contribution < -0.4 is 0 Å². The van der Waals surface area contributed by atoms with Crippen LogP contribution in [-0.4, -0.2) is 44.4 Å². The third-order valence-corrected chi connectivity index (χ3v) is 5.33. The van der Waals surface area contributed by atoms with Crippen LogP contribution in [0.5, 0.6) is 5.75 Å². The van der Waals surface area contributed by atoms with E-state index in [4.69, 9.17) is 11.6 Å². The minimum atomic E-state index is -0.580. The van der Waals surface area contributed by atoms with Gasteiger partial charge < -0.3 is 15.1 Å². The molecule has 1 atom stereocenters. The fourth-order valence-corrected chi connectivity index (χ4v) is 3.75. The number of β-amino-alcohol motifs (C(OH)–C–C–N with tert-alkyl or cyclic N) is 1. The number of halogens is 2. The Morgan fingerprint density at radius 2 is 2.00 bits per heavy atom. The van der Waals surface area contributed by atoms with Gasteiger partial charge in [-0.3, -0.25) is 9.89 Å². The van der Waals surface area contributed by atoms with Crippen molar-refractivity contribution in [1.29, 1.82) is 0 Å². The average molecular weight is 402 g/mol. The number of aromatic amines is 1. The molecule has 3 aromatic rings. The fourth-order valence-electron chi connectivity index (χ4n) is 3.59. The van der Waals surface area contributed by atoms with Crippen molar-refractivity contribution >= 4 is 17.5 Å². The molecule has 1 aliphatic rings. The lowest BCUT2D eigenvalue weighted by Gasteiger charge is -2.25. The Labute approximate surface area is 165 Å². The molecule has 3 N–H and O–H groups in total. The van der Waals surface area contributed by atoms with Gasteiger partial charge in [0, 0.05) is 22.7 Å². The van der Waals surface area contributed by atoms with Crippen molar-refractivity contribution in [1.82, 2.24) is 15.1 Å². The van der Waals surface area contributed by atoms with Crippen LogP contribution >= 0.6 is 11.6 Å². The lowest BCUT2D eigenvalue weighted by atomic mass is 9.95. The van der Waals surface area contributed by atoms with E-state index in [2.05, 4.69) is 10.2 Å². The lowest BCUT2D eigenvalue weighted by molar-refractivity contribution is 0.0706. The molecule has 1 unspecified atom stereocenters. The molecule has 0 saturated carbocycles. The number of benzene rings is 2. The number of aromatic hydroxyl groups is 1. The van der Waals surface area contributed by atoms with Gasteiger partial charge in [0.1, 0.15) is 23.0 Å². The Hall–Kier alpha value is -2.90. The van der Waals surface area contributed by atoms with Gasteiger partial charge in [-0.1, -0.05) is 23.7 Å². The standard InChI is InChI=1S/C20H17ClFN3O3/c1-10-8-15(27)13(9-14(10)21)17-16-18(24-23-17)20(28)25(6-7-26)19(16)11-2-4-12(22)5-3-11/h2-5,8-9,19,26-27H,6-7H2,1H3,(H,23,24). The van der Waals surface area contributed by atoms with E-state index in [0.29, 0.717) is 33.0 Å². The van der Waals surface area contributed by atoms with Crippen LogP contribution in [0.3, 0.4) is 0 Å². The number of carbonyl (C=O) groups is 1. The molecule has 0 spiro atoms. The minimum Gasteiger partial charge on any atom is -0.507 e. The zero-order valence-electron chi connectivity index (χ0n) is 14.9. The first-order chi connectivity index (χ1) is 13.4. The van der Waals surface area contributed by atoms with Crippen molar-refractivity contribution in [2.75, 3.05) is 13.2 Å². The Morgan fingerprint density at radius 3 is 2.68 bits per heavy atom.